The maximum atomic E-state index is 12.3. The molecule has 0 bridgehead atoms. The Hall–Kier alpha value is -1.48. The summed E-state index contributed by atoms with van der Waals surface area (Å²) < 4.78 is 32.8. The normalized spacial score (nSPS) is 21.6. The summed E-state index contributed by atoms with van der Waals surface area (Å²) in [6, 6.07) is 6.92. The monoisotopic (exact) mass is 356 g/mol. The molecule has 0 amide bonds. The zero-order valence-electron chi connectivity index (χ0n) is 12.3. The number of hydrogen-bond donors (Lipinski definition) is 2. The topological polar surface area (TPSA) is 97.0 Å². The van der Waals surface area contributed by atoms with E-state index < -0.39 is 10.0 Å². The summed E-state index contributed by atoms with van der Waals surface area (Å²) in [5.41, 5.74) is 0.580. The van der Waals surface area contributed by atoms with E-state index in [1.165, 1.54) is 6.33 Å². The highest BCUT2D eigenvalue weighted by molar-refractivity contribution is 7.88. The third-order valence-corrected chi connectivity index (χ3v) is 5.45. The van der Waals surface area contributed by atoms with Crippen molar-refractivity contribution in [3.63, 3.8) is 0 Å². The highest BCUT2D eigenvalue weighted by Gasteiger charge is 2.32. The second kappa shape index (κ2) is 6.96. The molecule has 0 radical (unpaired) electrons. The average molecular weight is 357 g/mol. The Morgan fingerprint density at radius 3 is 2.96 bits per heavy atom. The minimum atomic E-state index is -3.47. The number of benzene rings is 1. The fraction of sp³-hybridized carbons (Fsp3) is 0.429. The number of nitrogens with zero attached hydrogens (tertiary/aromatic N) is 2. The zero-order valence-corrected chi connectivity index (χ0v) is 13.8. The van der Waals surface area contributed by atoms with Gasteiger partial charge in [-0.25, -0.2) is 18.1 Å². The van der Waals surface area contributed by atoms with Gasteiger partial charge in [0.25, 0.3) is 0 Å². The van der Waals surface area contributed by atoms with Crippen LogP contribution in [0.5, 0.6) is 0 Å². The van der Waals surface area contributed by atoms with Gasteiger partial charge in [0.05, 0.1) is 5.75 Å². The van der Waals surface area contributed by atoms with Crippen LogP contribution in [0.25, 0.3) is 0 Å². The van der Waals surface area contributed by atoms with Crippen LogP contribution in [0.15, 0.2) is 30.6 Å². The zero-order chi connectivity index (χ0) is 16.3. The van der Waals surface area contributed by atoms with Crippen molar-refractivity contribution >= 4 is 21.6 Å². The number of aromatic nitrogens is 3. The van der Waals surface area contributed by atoms with Crippen LogP contribution >= 0.6 is 11.6 Å². The van der Waals surface area contributed by atoms with E-state index >= 15 is 0 Å². The Bertz CT molecular complexity index is 751. The van der Waals surface area contributed by atoms with E-state index in [0.717, 1.165) is 6.42 Å². The molecule has 23 heavy (non-hydrogen) atoms. The summed E-state index contributed by atoms with van der Waals surface area (Å²) in [4.78, 5) is 4.09. The van der Waals surface area contributed by atoms with Crippen molar-refractivity contribution in [1.29, 1.82) is 0 Å². The first-order chi connectivity index (χ1) is 11.1. The lowest BCUT2D eigenvalue weighted by atomic mass is 10.0. The van der Waals surface area contributed by atoms with Gasteiger partial charge in [-0.05, 0) is 18.1 Å². The molecule has 1 aliphatic heterocycles. The molecule has 0 spiro atoms. The molecular formula is C14H17ClN4O3S. The molecule has 1 aromatic carbocycles. The largest absolute Gasteiger partial charge is 0.370 e. The molecule has 9 heteroatoms. The van der Waals surface area contributed by atoms with E-state index in [9.17, 15) is 8.42 Å². The van der Waals surface area contributed by atoms with Crippen LogP contribution in [0, 0.1) is 5.92 Å². The molecule has 7 nitrogen and oxygen atoms in total. The Balaban J connectivity index is 1.62. The van der Waals surface area contributed by atoms with E-state index in [-0.39, 0.29) is 24.3 Å². The Kier molecular flexibility index (Phi) is 4.96. The smallest absolute Gasteiger partial charge is 0.215 e. The second-order valence-corrected chi connectivity index (χ2v) is 7.62. The van der Waals surface area contributed by atoms with Gasteiger partial charge in [0, 0.05) is 24.1 Å². The van der Waals surface area contributed by atoms with Crippen LogP contribution in [-0.4, -0.2) is 36.8 Å². The van der Waals surface area contributed by atoms with Gasteiger partial charge in [-0.2, -0.15) is 5.10 Å². The summed E-state index contributed by atoms with van der Waals surface area (Å²) in [6.45, 7) is 0.862. The molecule has 124 valence electrons. The van der Waals surface area contributed by atoms with E-state index in [1.807, 2.05) is 0 Å². The van der Waals surface area contributed by atoms with E-state index in [0.29, 0.717) is 23.0 Å². The highest BCUT2D eigenvalue weighted by Crippen LogP contribution is 2.32. The predicted molar refractivity (Wildman–Crippen MR) is 85.3 cm³/mol. The molecule has 0 unspecified atom stereocenters. The summed E-state index contributed by atoms with van der Waals surface area (Å²) in [5, 5.41) is 7.02. The van der Waals surface area contributed by atoms with Crippen molar-refractivity contribution in [2.75, 3.05) is 13.2 Å². The van der Waals surface area contributed by atoms with E-state index in [4.69, 9.17) is 16.3 Å². The Labute approximate surface area is 139 Å². The molecule has 0 saturated carbocycles. The van der Waals surface area contributed by atoms with Crippen molar-refractivity contribution in [2.45, 2.75) is 18.3 Å². The van der Waals surface area contributed by atoms with Crippen molar-refractivity contribution in [3.8, 4) is 0 Å². The van der Waals surface area contributed by atoms with Crippen molar-refractivity contribution < 1.29 is 13.2 Å². The number of sulfonamides is 1. The van der Waals surface area contributed by atoms with Gasteiger partial charge in [0.2, 0.25) is 10.0 Å². The van der Waals surface area contributed by atoms with Crippen molar-refractivity contribution in [3.05, 3.63) is 47.0 Å². The van der Waals surface area contributed by atoms with Crippen LogP contribution in [0.4, 0.5) is 0 Å². The quantitative estimate of drug-likeness (QED) is 0.820. The van der Waals surface area contributed by atoms with Gasteiger partial charge in [-0.1, -0.05) is 29.8 Å². The first-order valence-corrected chi connectivity index (χ1v) is 9.26. The lowest BCUT2D eigenvalue weighted by Gasteiger charge is -2.17. The molecule has 2 heterocycles. The predicted octanol–water partition coefficient (Wildman–Crippen LogP) is 1.66. The molecular weight excluding hydrogens is 340 g/mol. The average Bonchev–Trinajstić information content (AvgIpc) is 3.18. The number of H-pyrrole nitrogens is 1. The number of rotatable bonds is 6. The maximum absolute atomic E-state index is 12.3. The van der Waals surface area contributed by atoms with Gasteiger partial charge < -0.3 is 4.74 Å². The molecule has 3 rings (SSSR count). The Morgan fingerprint density at radius 2 is 2.22 bits per heavy atom. The van der Waals surface area contributed by atoms with Gasteiger partial charge >= 0.3 is 0 Å². The molecule has 1 aliphatic rings. The molecule has 2 N–H and O–H groups in total. The maximum Gasteiger partial charge on any atom is 0.215 e. The van der Waals surface area contributed by atoms with Crippen LogP contribution in [0.3, 0.4) is 0 Å². The lowest BCUT2D eigenvalue weighted by Crippen LogP contribution is -2.31. The first-order valence-electron chi connectivity index (χ1n) is 7.23. The first kappa shape index (κ1) is 16.4. The third kappa shape index (κ3) is 4.08. The van der Waals surface area contributed by atoms with Crippen molar-refractivity contribution in [2.24, 2.45) is 5.92 Å². The number of hydrogen-bond acceptors (Lipinski definition) is 5. The number of halogens is 1. The molecule has 1 fully saturated rings. The number of ether oxygens (including phenoxy) is 1. The fourth-order valence-electron chi connectivity index (χ4n) is 2.60. The van der Waals surface area contributed by atoms with Gasteiger partial charge in [-0.15, -0.1) is 0 Å². The number of nitrogens with one attached hydrogen (secondary N) is 2. The molecule has 0 aliphatic carbocycles. The summed E-state index contributed by atoms with van der Waals surface area (Å²) in [7, 11) is -3.47. The van der Waals surface area contributed by atoms with Crippen LogP contribution in [-0.2, 0) is 20.5 Å². The second-order valence-electron chi connectivity index (χ2n) is 5.41. The SMILES string of the molecule is O=S(=O)(Cc1ccccc1Cl)NC[C@@H]1CCO[C@@H]1c1ncn[nH]1. The Morgan fingerprint density at radius 1 is 1.39 bits per heavy atom. The van der Waals surface area contributed by atoms with Gasteiger partial charge in [-0.3, -0.25) is 5.10 Å². The standard InChI is InChI=1S/C14H17ClN4O3S/c15-12-4-2-1-3-11(12)8-23(20,21)18-7-10-5-6-22-13(10)14-16-9-17-19-14/h1-4,9-10,13,18H,5-8H2,(H,16,17,19)/t10-,13-/m0/s1. The minimum Gasteiger partial charge on any atom is -0.370 e. The van der Waals surface area contributed by atoms with E-state index in [1.54, 1.807) is 24.3 Å². The van der Waals surface area contributed by atoms with Crippen molar-refractivity contribution in [1.82, 2.24) is 19.9 Å². The highest BCUT2D eigenvalue weighted by atomic mass is 35.5. The van der Waals surface area contributed by atoms with Crippen LogP contribution in [0.1, 0.15) is 23.9 Å². The van der Waals surface area contributed by atoms with Gasteiger partial charge in [0.1, 0.15) is 12.4 Å². The summed E-state index contributed by atoms with van der Waals surface area (Å²) in [5.74, 6) is 0.495. The molecule has 2 aromatic rings. The fourth-order valence-corrected chi connectivity index (χ4v) is 4.12. The lowest BCUT2D eigenvalue weighted by molar-refractivity contribution is 0.0848. The third-order valence-electron chi connectivity index (χ3n) is 3.79. The summed E-state index contributed by atoms with van der Waals surface area (Å²) in [6.07, 6.45) is 1.91. The molecule has 1 saturated heterocycles. The van der Waals surface area contributed by atoms with Gasteiger partial charge in [0.15, 0.2) is 5.82 Å². The van der Waals surface area contributed by atoms with E-state index in [2.05, 4.69) is 19.9 Å². The van der Waals surface area contributed by atoms with Crippen LogP contribution < -0.4 is 4.72 Å². The molecule has 2 atom stereocenters. The number of aromatic amines is 1. The summed E-state index contributed by atoms with van der Waals surface area (Å²) >= 11 is 6.02. The van der Waals surface area contributed by atoms with Crippen LogP contribution in [0.2, 0.25) is 5.02 Å². The molecule has 1 aromatic heterocycles. The minimum absolute atomic E-state index is 0.0176.